The largest absolute Gasteiger partial charge is 0.330 e. The van der Waals surface area contributed by atoms with Gasteiger partial charge in [-0.25, -0.2) is 4.98 Å². The van der Waals surface area contributed by atoms with Gasteiger partial charge in [-0.3, -0.25) is 4.40 Å². The Labute approximate surface area is 103 Å². The first-order chi connectivity index (χ1) is 8.19. The molecule has 0 aliphatic heterocycles. The van der Waals surface area contributed by atoms with Gasteiger partial charge in [-0.05, 0) is 31.2 Å². The average Bonchev–Trinajstić information content (AvgIpc) is 2.77. The van der Waals surface area contributed by atoms with E-state index in [1.807, 2.05) is 23.6 Å². The molecule has 88 valence electrons. The molecule has 3 rings (SSSR count). The molecule has 0 aliphatic carbocycles. The molecular weight excluding hydrogens is 236 g/mol. The Balaban J connectivity index is 2.32. The summed E-state index contributed by atoms with van der Waals surface area (Å²) in [6, 6.07) is 4.01. The molecule has 17 heavy (non-hydrogen) atoms. The van der Waals surface area contributed by atoms with Crippen LogP contribution in [0.2, 0.25) is 5.02 Å². The molecule has 0 saturated heterocycles. The van der Waals surface area contributed by atoms with Crippen LogP contribution in [0.1, 0.15) is 11.3 Å². The zero-order valence-corrected chi connectivity index (χ0v) is 10.3. The molecule has 1 aromatic carbocycles. The van der Waals surface area contributed by atoms with Crippen LogP contribution >= 0.6 is 11.6 Å². The van der Waals surface area contributed by atoms with Crippen molar-refractivity contribution in [3.8, 4) is 0 Å². The SMILES string of the molecule is Cc1cc(Cl)c2nc3[nH]c(CCN)cn3c2c1. The number of benzene rings is 1. The summed E-state index contributed by atoms with van der Waals surface area (Å²) in [7, 11) is 0. The quantitative estimate of drug-likeness (QED) is 0.731. The molecule has 2 heterocycles. The fraction of sp³-hybridized carbons (Fsp3) is 0.250. The summed E-state index contributed by atoms with van der Waals surface area (Å²) in [5.74, 6) is 0.816. The van der Waals surface area contributed by atoms with Gasteiger partial charge in [-0.2, -0.15) is 0 Å². The van der Waals surface area contributed by atoms with E-state index in [1.165, 1.54) is 0 Å². The van der Waals surface area contributed by atoms with Gasteiger partial charge >= 0.3 is 0 Å². The van der Waals surface area contributed by atoms with Crippen molar-refractivity contribution < 1.29 is 0 Å². The standard InChI is InChI=1S/C12H13ClN4/c1-7-4-9(13)11-10(5-7)17-6-8(2-3-14)15-12(17)16-11/h4-6H,2-3,14H2,1H3,(H,15,16). The van der Waals surface area contributed by atoms with E-state index < -0.39 is 0 Å². The average molecular weight is 249 g/mol. The Morgan fingerprint density at radius 2 is 2.29 bits per heavy atom. The van der Waals surface area contributed by atoms with E-state index in [9.17, 15) is 0 Å². The van der Waals surface area contributed by atoms with E-state index >= 15 is 0 Å². The molecule has 0 radical (unpaired) electrons. The molecule has 0 fully saturated rings. The first kappa shape index (κ1) is 10.6. The minimum absolute atomic E-state index is 0.626. The molecular formula is C12H13ClN4. The van der Waals surface area contributed by atoms with Crippen molar-refractivity contribution in [1.29, 1.82) is 0 Å². The lowest BCUT2D eigenvalue weighted by atomic mass is 10.2. The highest BCUT2D eigenvalue weighted by Gasteiger charge is 2.10. The highest BCUT2D eigenvalue weighted by atomic mass is 35.5. The lowest BCUT2D eigenvalue weighted by Crippen LogP contribution is -2.02. The van der Waals surface area contributed by atoms with Crippen molar-refractivity contribution in [2.75, 3.05) is 6.54 Å². The number of H-pyrrole nitrogens is 1. The van der Waals surface area contributed by atoms with Crippen LogP contribution in [0, 0.1) is 6.92 Å². The molecule has 0 atom stereocenters. The molecule has 4 nitrogen and oxygen atoms in total. The Hall–Kier alpha value is -1.52. The highest BCUT2D eigenvalue weighted by Crippen LogP contribution is 2.25. The first-order valence-corrected chi connectivity index (χ1v) is 5.92. The molecule has 0 unspecified atom stereocenters. The summed E-state index contributed by atoms with van der Waals surface area (Å²) in [4.78, 5) is 7.74. The van der Waals surface area contributed by atoms with Crippen molar-refractivity contribution in [3.05, 3.63) is 34.6 Å². The van der Waals surface area contributed by atoms with E-state index in [4.69, 9.17) is 17.3 Å². The monoisotopic (exact) mass is 248 g/mol. The minimum atomic E-state index is 0.626. The Morgan fingerprint density at radius 1 is 1.47 bits per heavy atom. The summed E-state index contributed by atoms with van der Waals surface area (Å²) in [6.45, 7) is 2.65. The number of halogens is 1. The maximum atomic E-state index is 6.18. The van der Waals surface area contributed by atoms with Crippen molar-refractivity contribution in [1.82, 2.24) is 14.4 Å². The number of nitrogens with zero attached hydrogens (tertiary/aromatic N) is 2. The number of hydrogen-bond donors (Lipinski definition) is 2. The van der Waals surface area contributed by atoms with Gasteiger partial charge < -0.3 is 10.7 Å². The Bertz CT molecular complexity index is 695. The van der Waals surface area contributed by atoms with Gasteiger partial charge in [0.25, 0.3) is 0 Å². The summed E-state index contributed by atoms with van der Waals surface area (Å²) >= 11 is 6.18. The van der Waals surface area contributed by atoms with Gasteiger partial charge in [0.15, 0.2) is 0 Å². The molecule has 0 bridgehead atoms. The first-order valence-electron chi connectivity index (χ1n) is 5.55. The number of imidazole rings is 2. The molecule has 3 aromatic rings. The number of aromatic amines is 1. The van der Waals surface area contributed by atoms with E-state index in [2.05, 4.69) is 16.0 Å². The van der Waals surface area contributed by atoms with Crippen LogP contribution in [0.15, 0.2) is 18.3 Å². The third-order valence-electron chi connectivity index (χ3n) is 2.86. The number of nitrogens with one attached hydrogen (secondary N) is 1. The van der Waals surface area contributed by atoms with Gasteiger partial charge in [-0.1, -0.05) is 11.6 Å². The topological polar surface area (TPSA) is 59.1 Å². The minimum Gasteiger partial charge on any atom is -0.330 e. The van der Waals surface area contributed by atoms with Gasteiger partial charge in [0.05, 0.1) is 10.5 Å². The zero-order chi connectivity index (χ0) is 12.0. The van der Waals surface area contributed by atoms with Crippen LogP contribution in [0.25, 0.3) is 16.8 Å². The van der Waals surface area contributed by atoms with Gasteiger partial charge in [0, 0.05) is 18.3 Å². The Kier molecular flexibility index (Phi) is 2.34. The van der Waals surface area contributed by atoms with Gasteiger partial charge in [0.2, 0.25) is 5.78 Å². The van der Waals surface area contributed by atoms with Crippen LogP contribution in [-0.2, 0) is 6.42 Å². The van der Waals surface area contributed by atoms with Gasteiger partial charge in [0.1, 0.15) is 5.52 Å². The third-order valence-corrected chi connectivity index (χ3v) is 3.15. The van der Waals surface area contributed by atoms with E-state index in [-0.39, 0.29) is 0 Å². The highest BCUT2D eigenvalue weighted by molar-refractivity contribution is 6.35. The van der Waals surface area contributed by atoms with Crippen LogP contribution in [0.3, 0.4) is 0 Å². The molecule has 0 amide bonds. The molecule has 0 aliphatic rings. The summed E-state index contributed by atoms with van der Waals surface area (Å²) in [6.07, 6.45) is 2.86. The third kappa shape index (κ3) is 1.61. The van der Waals surface area contributed by atoms with Crippen LogP contribution in [-0.4, -0.2) is 20.9 Å². The second-order valence-electron chi connectivity index (χ2n) is 4.24. The number of rotatable bonds is 2. The van der Waals surface area contributed by atoms with E-state index in [0.29, 0.717) is 11.6 Å². The lowest BCUT2D eigenvalue weighted by Gasteiger charge is -1.96. The summed E-state index contributed by atoms with van der Waals surface area (Å²) in [5, 5.41) is 0.692. The number of fused-ring (bicyclic) bond motifs is 3. The van der Waals surface area contributed by atoms with Crippen molar-refractivity contribution in [2.24, 2.45) is 5.73 Å². The number of aryl methyl sites for hydroxylation is 1. The van der Waals surface area contributed by atoms with Crippen molar-refractivity contribution >= 4 is 28.4 Å². The fourth-order valence-corrected chi connectivity index (χ4v) is 2.43. The predicted molar refractivity (Wildman–Crippen MR) is 69.6 cm³/mol. The van der Waals surface area contributed by atoms with Crippen LogP contribution in [0.4, 0.5) is 0 Å². The van der Waals surface area contributed by atoms with Crippen LogP contribution in [0.5, 0.6) is 0 Å². The summed E-state index contributed by atoms with van der Waals surface area (Å²) in [5.41, 5.74) is 9.63. The van der Waals surface area contributed by atoms with Crippen molar-refractivity contribution in [2.45, 2.75) is 13.3 Å². The molecule has 0 saturated carbocycles. The summed E-state index contributed by atoms with van der Waals surface area (Å²) < 4.78 is 2.03. The molecule has 5 heteroatoms. The van der Waals surface area contributed by atoms with Crippen LogP contribution < -0.4 is 5.73 Å². The van der Waals surface area contributed by atoms with Crippen molar-refractivity contribution in [3.63, 3.8) is 0 Å². The number of hydrogen-bond acceptors (Lipinski definition) is 2. The van der Waals surface area contributed by atoms with E-state index in [0.717, 1.165) is 34.5 Å². The van der Waals surface area contributed by atoms with Gasteiger partial charge in [-0.15, -0.1) is 0 Å². The normalized spacial score (nSPS) is 11.7. The Morgan fingerprint density at radius 3 is 3.06 bits per heavy atom. The molecule has 0 spiro atoms. The zero-order valence-electron chi connectivity index (χ0n) is 9.50. The smallest absolute Gasteiger partial charge is 0.212 e. The predicted octanol–water partition coefficient (Wildman–Crippen LogP) is 2.28. The number of nitrogens with two attached hydrogens (primary N) is 1. The lowest BCUT2D eigenvalue weighted by molar-refractivity contribution is 0.936. The fourth-order valence-electron chi connectivity index (χ4n) is 2.12. The molecule has 3 N–H and O–H groups in total. The number of aromatic nitrogens is 3. The second-order valence-corrected chi connectivity index (χ2v) is 4.65. The van der Waals surface area contributed by atoms with E-state index in [1.54, 1.807) is 0 Å². The maximum absolute atomic E-state index is 6.18. The maximum Gasteiger partial charge on any atom is 0.212 e. The molecule has 2 aromatic heterocycles. The second kappa shape index (κ2) is 3.75.